The lowest BCUT2D eigenvalue weighted by Gasteiger charge is -2.32. The van der Waals surface area contributed by atoms with Gasteiger partial charge < -0.3 is 36.0 Å². The Bertz CT molecular complexity index is 1050. The molecule has 19 heteroatoms. The van der Waals surface area contributed by atoms with Crippen LogP contribution >= 0.6 is 0 Å². The Morgan fingerprint density at radius 3 is 1.31 bits per heavy atom. The van der Waals surface area contributed by atoms with Gasteiger partial charge in [-0.15, -0.1) is 0 Å². The minimum atomic E-state index is -1.02. The number of nitrogens with zero attached hydrogens (tertiary/aromatic N) is 5. The van der Waals surface area contributed by atoms with E-state index in [1.807, 2.05) is 0 Å². The van der Waals surface area contributed by atoms with Gasteiger partial charge in [0.05, 0.1) is 39.1 Å². The molecule has 0 unspecified atom stereocenters. The largest absolute Gasteiger partial charge is 0.480 e. The average Bonchev–Trinajstić information content (AvgIpc) is 3.49. The highest BCUT2D eigenvalue weighted by molar-refractivity contribution is 5.87. The summed E-state index contributed by atoms with van der Waals surface area (Å²) in [5, 5.41) is 41.4. The summed E-state index contributed by atoms with van der Waals surface area (Å²) in [7, 11) is 0. The Morgan fingerprint density at radius 2 is 1.02 bits per heavy atom. The van der Waals surface area contributed by atoms with Crippen molar-refractivity contribution in [1.82, 2.24) is 40.2 Å². The van der Waals surface area contributed by atoms with Gasteiger partial charge in [-0.25, -0.2) is 4.98 Å². The van der Waals surface area contributed by atoms with Gasteiger partial charge in [-0.05, 0) is 6.92 Å². The number of nitrogens with one attached hydrogen (secondary N) is 3. The van der Waals surface area contributed by atoms with Crippen LogP contribution in [0.2, 0.25) is 0 Å². The van der Waals surface area contributed by atoms with Crippen LogP contribution in [-0.2, 0) is 40.0 Å². The van der Waals surface area contributed by atoms with E-state index in [-0.39, 0.29) is 70.6 Å². The molecule has 0 atom stereocenters. The maximum Gasteiger partial charge on any atom is 0.317 e. The first-order chi connectivity index (χ1) is 22.2. The Balaban J connectivity index is 0.000000966. The number of carbonyl (C=O) groups excluding carboxylic acids is 3. The van der Waals surface area contributed by atoms with Gasteiger partial charge in [0.1, 0.15) is 5.78 Å². The molecule has 2 heterocycles. The fraction of sp³-hybridized carbons (Fsp3) is 0.655. The molecule has 1 aliphatic rings. The highest BCUT2D eigenvalue weighted by Crippen LogP contribution is 2.01. The molecule has 272 valence electrons. The van der Waals surface area contributed by atoms with Crippen LogP contribution in [0.5, 0.6) is 0 Å². The van der Waals surface area contributed by atoms with Crippen LogP contribution in [-0.4, -0.2) is 183 Å². The Labute approximate surface area is 279 Å². The predicted octanol–water partition coefficient (Wildman–Crippen LogP) is -2.26. The van der Waals surface area contributed by atoms with E-state index in [0.29, 0.717) is 65.3 Å². The summed E-state index contributed by atoms with van der Waals surface area (Å²) in [6, 6.07) is 0. The molecular weight excluding hydrogens is 636 g/mol. The molecule has 1 aliphatic heterocycles. The number of aliphatic carboxylic acids is 4. The molecule has 1 fully saturated rings. The van der Waals surface area contributed by atoms with Crippen molar-refractivity contribution >= 4 is 41.5 Å². The number of Topliss-reactive ketones (excluding diaryl/α,β-unsaturated/α-hetero) is 1. The number of hydrogen-bond donors (Lipinski definition) is 7. The summed E-state index contributed by atoms with van der Waals surface area (Å²) in [6.07, 6.45) is 4.15. The van der Waals surface area contributed by atoms with Crippen molar-refractivity contribution < 1.29 is 54.0 Å². The first-order valence-corrected chi connectivity index (χ1v) is 15.0. The third-order valence-electron chi connectivity index (χ3n) is 6.75. The third kappa shape index (κ3) is 23.0. The predicted molar refractivity (Wildman–Crippen MR) is 171 cm³/mol. The Kier molecular flexibility index (Phi) is 22.4. The van der Waals surface area contributed by atoms with E-state index in [4.69, 9.17) is 20.4 Å². The van der Waals surface area contributed by atoms with E-state index in [0.717, 1.165) is 5.69 Å². The molecule has 1 saturated heterocycles. The molecule has 2 rings (SSSR count). The number of carboxylic acid groups (broad SMARTS) is 4. The van der Waals surface area contributed by atoms with E-state index in [9.17, 15) is 33.6 Å². The number of imidazole rings is 1. The van der Waals surface area contributed by atoms with Gasteiger partial charge >= 0.3 is 23.9 Å². The van der Waals surface area contributed by atoms with Crippen LogP contribution in [0.15, 0.2) is 12.5 Å². The molecule has 48 heavy (non-hydrogen) atoms. The van der Waals surface area contributed by atoms with Gasteiger partial charge in [-0.1, -0.05) is 7.43 Å². The number of carboxylic acids is 4. The number of amides is 2. The van der Waals surface area contributed by atoms with Crippen LogP contribution < -0.4 is 10.6 Å². The van der Waals surface area contributed by atoms with Gasteiger partial charge in [0.15, 0.2) is 0 Å². The first kappa shape index (κ1) is 43.5. The summed E-state index contributed by atoms with van der Waals surface area (Å²) in [4.78, 5) is 91.0. The van der Waals surface area contributed by atoms with Gasteiger partial charge in [-0.3, -0.25) is 53.2 Å². The zero-order chi connectivity index (χ0) is 35.2. The second kappa shape index (κ2) is 24.7. The first-order valence-electron chi connectivity index (χ1n) is 15.0. The number of aromatic nitrogens is 2. The quantitative estimate of drug-likeness (QED) is 0.0967. The standard InChI is InChI=1S/C16H28N4O8.C12H18N4O3.CH4/c21-13(22)9-17-1-2-18(10-14(23)24)5-6-20(12-16(27)28)8-7-19(4-3-17)11-15(25)26;1-9(17)6-15-12(19)3-2-11(18)14-5-4-10-7-13-8-16-10;/h1-12H2,(H,21,22)(H,23,24)(H,25,26)(H,27,28);7-8H,2-6H2,1H3,(H,13,16)(H,14,18)(H,15,19);1H4. The molecule has 2 amide bonds. The topological polar surface area (TPSA) is 266 Å². The van der Waals surface area contributed by atoms with Crippen molar-refractivity contribution in [2.45, 2.75) is 33.6 Å². The maximum atomic E-state index is 11.4. The second-order valence-electron chi connectivity index (χ2n) is 10.8. The van der Waals surface area contributed by atoms with Crippen LogP contribution in [0.25, 0.3) is 0 Å². The van der Waals surface area contributed by atoms with E-state index < -0.39 is 23.9 Å². The number of rotatable bonds is 16. The van der Waals surface area contributed by atoms with E-state index in [1.165, 1.54) is 6.92 Å². The summed E-state index contributed by atoms with van der Waals surface area (Å²) >= 11 is 0. The van der Waals surface area contributed by atoms with Gasteiger partial charge in [0.2, 0.25) is 11.8 Å². The maximum absolute atomic E-state index is 11.4. The SMILES string of the molecule is C.CC(=O)CNC(=O)CCC(=O)NCCc1cnc[nH]1.O=C(O)CN1CCN(CC(=O)O)CCN(CC(=O)O)CCN(CC(=O)O)CC1. The van der Waals surface area contributed by atoms with Crippen LogP contribution in [0, 0.1) is 0 Å². The van der Waals surface area contributed by atoms with Crippen LogP contribution in [0.3, 0.4) is 0 Å². The minimum Gasteiger partial charge on any atom is -0.480 e. The van der Waals surface area contributed by atoms with Crippen molar-refractivity contribution in [3.05, 3.63) is 18.2 Å². The monoisotopic (exact) mass is 686 g/mol. The molecule has 0 saturated carbocycles. The van der Waals surface area contributed by atoms with Crippen LogP contribution in [0.4, 0.5) is 0 Å². The van der Waals surface area contributed by atoms with Crippen LogP contribution in [0.1, 0.15) is 32.9 Å². The lowest BCUT2D eigenvalue weighted by Crippen LogP contribution is -2.49. The normalized spacial score (nSPS) is 15.3. The Hall–Kier alpha value is -4.46. The summed E-state index contributed by atoms with van der Waals surface area (Å²) in [5.74, 6) is -4.67. The molecule has 1 aromatic heterocycles. The minimum absolute atomic E-state index is 0. The molecule has 0 aliphatic carbocycles. The van der Waals surface area contributed by atoms with Crippen molar-refractivity contribution in [1.29, 1.82) is 0 Å². The highest BCUT2D eigenvalue weighted by Gasteiger charge is 2.20. The average molecular weight is 687 g/mol. The van der Waals surface area contributed by atoms with Crippen molar-refractivity contribution in [3.63, 3.8) is 0 Å². The van der Waals surface area contributed by atoms with E-state index in [2.05, 4.69) is 20.6 Å². The number of ketones is 1. The molecule has 0 bridgehead atoms. The third-order valence-corrected chi connectivity index (χ3v) is 6.75. The number of carbonyl (C=O) groups is 7. The summed E-state index contributed by atoms with van der Waals surface area (Å²) < 4.78 is 0. The molecule has 19 nitrogen and oxygen atoms in total. The molecule has 1 aromatic rings. The molecular formula is C29H50N8O11. The number of H-pyrrole nitrogens is 1. The number of aromatic amines is 1. The van der Waals surface area contributed by atoms with E-state index >= 15 is 0 Å². The fourth-order valence-electron chi connectivity index (χ4n) is 4.36. The fourth-order valence-corrected chi connectivity index (χ4v) is 4.36. The van der Waals surface area contributed by atoms with Gasteiger partial charge in [0.25, 0.3) is 0 Å². The molecule has 0 radical (unpaired) electrons. The molecule has 0 spiro atoms. The molecule has 7 N–H and O–H groups in total. The lowest BCUT2D eigenvalue weighted by molar-refractivity contribution is -0.141. The molecule has 0 aromatic carbocycles. The van der Waals surface area contributed by atoms with Crippen molar-refractivity contribution in [2.75, 3.05) is 91.6 Å². The number of hydrogen-bond acceptors (Lipinski definition) is 12. The summed E-state index contributed by atoms with van der Waals surface area (Å²) in [5.41, 5.74) is 0.944. The van der Waals surface area contributed by atoms with E-state index in [1.54, 1.807) is 32.1 Å². The second-order valence-corrected chi connectivity index (χ2v) is 10.8. The summed E-state index contributed by atoms with van der Waals surface area (Å²) in [6.45, 7) is 3.42. The van der Waals surface area contributed by atoms with Crippen molar-refractivity contribution in [3.8, 4) is 0 Å². The zero-order valence-electron chi connectivity index (χ0n) is 26.6. The Morgan fingerprint density at radius 1 is 0.667 bits per heavy atom. The zero-order valence-corrected chi connectivity index (χ0v) is 26.6. The van der Waals surface area contributed by atoms with Crippen molar-refractivity contribution in [2.24, 2.45) is 0 Å². The lowest BCUT2D eigenvalue weighted by atomic mass is 10.2. The highest BCUT2D eigenvalue weighted by atomic mass is 16.4. The van der Waals surface area contributed by atoms with Gasteiger partial charge in [-0.2, -0.15) is 0 Å². The van der Waals surface area contributed by atoms with Gasteiger partial charge in [0, 0.05) is 90.1 Å². The smallest absolute Gasteiger partial charge is 0.317 e.